The lowest BCUT2D eigenvalue weighted by atomic mass is 10.2. The van der Waals surface area contributed by atoms with E-state index in [9.17, 15) is 0 Å². The Kier molecular flexibility index (Phi) is 7.04. The van der Waals surface area contributed by atoms with Crippen molar-refractivity contribution in [2.75, 3.05) is 19.8 Å². The average Bonchev–Trinajstić information content (AvgIpc) is 2.96. The average molecular weight is 249 g/mol. The Labute approximate surface area is 108 Å². The smallest absolute Gasteiger partial charge is 0.201 e. The van der Waals surface area contributed by atoms with Gasteiger partial charge in [-0.1, -0.05) is 25.7 Å². The second-order valence-electron chi connectivity index (χ2n) is 3.32. The normalized spacial score (nSPS) is 14.4. The van der Waals surface area contributed by atoms with Gasteiger partial charge in [0.15, 0.2) is 0 Å². The van der Waals surface area contributed by atoms with Crippen LogP contribution in [0.25, 0.3) is 0 Å². The fraction of sp³-hybridized carbons (Fsp3) is 0.500. The lowest BCUT2D eigenvalue weighted by Crippen LogP contribution is -2.00. The van der Waals surface area contributed by atoms with E-state index in [-0.39, 0.29) is 12.9 Å². The van der Waals surface area contributed by atoms with Crippen molar-refractivity contribution in [3.63, 3.8) is 0 Å². The lowest BCUT2D eigenvalue weighted by Gasteiger charge is -2.07. The van der Waals surface area contributed by atoms with Crippen molar-refractivity contribution < 1.29 is 14.6 Å². The quantitative estimate of drug-likeness (QED) is 0.813. The number of rotatable bonds is 2. The first kappa shape index (κ1) is 14.7. The van der Waals surface area contributed by atoms with Crippen LogP contribution in [0.1, 0.15) is 37.8 Å². The highest BCUT2D eigenvalue weighted by Crippen LogP contribution is 2.20. The first-order valence-corrected chi connectivity index (χ1v) is 6.19. The van der Waals surface area contributed by atoms with Crippen LogP contribution in [0.3, 0.4) is 0 Å². The van der Waals surface area contributed by atoms with E-state index in [1.54, 1.807) is 6.20 Å². The predicted molar refractivity (Wildman–Crippen MR) is 68.8 cm³/mol. The molecule has 98 valence electrons. The molecule has 0 aromatic carbocycles. The molecule has 0 amide bonds. The maximum atomic E-state index is 8.58. The molecule has 0 atom stereocenters. The first-order valence-electron chi connectivity index (χ1n) is 6.19. The molecule has 1 fully saturated rings. The van der Waals surface area contributed by atoms with Gasteiger partial charge in [0.05, 0.1) is 25.5 Å². The summed E-state index contributed by atoms with van der Waals surface area (Å²) in [6.45, 7) is 5.32. The van der Waals surface area contributed by atoms with Gasteiger partial charge < -0.3 is 14.6 Å². The maximum Gasteiger partial charge on any atom is 0.201 e. The van der Waals surface area contributed by atoms with Crippen molar-refractivity contribution in [1.82, 2.24) is 4.98 Å². The Balaban J connectivity index is 0.000000771. The van der Waals surface area contributed by atoms with Gasteiger partial charge in [0.2, 0.25) is 6.29 Å². The zero-order chi connectivity index (χ0) is 13.2. The lowest BCUT2D eigenvalue weighted by molar-refractivity contribution is -0.0472. The standard InChI is InChI=1S/C12H13NO3.C2H6/c14-6-2-1-3-10-4-5-11(13-9-10)12-15-7-8-16-12;1-2/h4-5,9,12,14H,2,6-8H2;1-2H3. The van der Waals surface area contributed by atoms with Gasteiger partial charge in [-0.25, -0.2) is 0 Å². The summed E-state index contributed by atoms with van der Waals surface area (Å²) < 4.78 is 10.6. The summed E-state index contributed by atoms with van der Waals surface area (Å²) in [6.07, 6.45) is 1.83. The second kappa shape index (κ2) is 8.65. The Hall–Kier alpha value is -1.41. The molecule has 2 rings (SSSR count). The van der Waals surface area contributed by atoms with Crippen LogP contribution in [0.4, 0.5) is 0 Å². The van der Waals surface area contributed by atoms with Gasteiger partial charge in [-0.15, -0.1) is 0 Å². The molecule has 0 unspecified atom stereocenters. The molecule has 0 radical (unpaired) electrons. The maximum absolute atomic E-state index is 8.58. The largest absolute Gasteiger partial charge is 0.395 e. The van der Waals surface area contributed by atoms with Gasteiger partial charge >= 0.3 is 0 Å². The minimum atomic E-state index is -0.334. The van der Waals surface area contributed by atoms with Crippen molar-refractivity contribution in [3.05, 3.63) is 29.6 Å². The van der Waals surface area contributed by atoms with Crippen LogP contribution >= 0.6 is 0 Å². The van der Waals surface area contributed by atoms with Gasteiger partial charge in [-0.3, -0.25) is 4.98 Å². The van der Waals surface area contributed by atoms with Gasteiger partial charge in [0.25, 0.3) is 0 Å². The summed E-state index contributed by atoms with van der Waals surface area (Å²) in [5, 5.41) is 8.58. The van der Waals surface area contributed by atoms with E-state index < -0.39 is 0 Å². The number of ether oxygens (including phenoxy) is 2. The van der Waals surface area contributed by atoms with Crippen LogP contribution in [0.2, 0.25) is 0 Å². The summed E-state index contributed by atoms with van der Waals surface area (Å²) in [4.78, 5) is 4.22. The molecule has 1 aliphatic rings. The molecule has 0 spiro atoms. The number of hydrogen-bond acceptors (Lipinski definition) is 4. The highest BCUT2D eigenvalue weighted by molar-refractivity contribution is 5.32. The highest BCUT2D eigenvalue weighted by Gasteiger charge is 2.18. The Bertz CT molecular complexity index is 386. The molecular formula is C14H19NO3. The molecule has 0 bridgehead atoms. The van der Waals surface area contributed by atoms with Crippen LogP contribution < -0.4 is 0 Å². The summed E-state index contributed by atoms with van der Waals surface area (Å²) in [6, 6.07) is 3.72. The molecule has 1 saturated heterocycles. The Morgan fingerprint density at radius 2 is 2.06 bits per heavy atom. The molecule has 0 aliphatic carbocycles. The van der Waals surface area contributed by atoms with Crippen LogP contribution in [-0.4, -0.2) is 29.9 Å². The van der Waals surface area contributed by atoms with Gasteiger partial charge in [0.1, 0.15) is 0 Å². The topological polar surface area (TPSA) is 51.6 Å². The molecular weight excluding hydrogens is 230 g/mol. The molecule has 1 aromatic heterocycles. The number of aliphatic hydroxyl groups excluding tert-OH is 1. The molecule has 2 heterocycles. The number of pyridine rings is 1. The number of aromatic nitrogens is 1. The van der Waals surface area contributed by atoms with Crippen LogP contribution in [-0.2, 0) is 9.47 Å². The third-order valence-corrected chi connectivity index (χ3v) is 2.12. The number of nitrogens with zero attached hydrogens (tertiary/aromatic N) is 1. The van der Waals surface area contributed by atoms with Gasteiger partial charge in [0, 0.05) is 18.2 Å². The van der Waals surface area contributed by atoms with E-state index in [1.807, 2.05) is 26.0 Å². The zero-order valence-electron chi connectivity index (χ0n) is 10.8. The fourth-order valence-corrected chi connectivity index (χ4v) is 1.37. The summed E-state index contributed by atoms with van der Waals surface area (Å²) in [5.41, 5.74) is 1.60. The molecule has 1 aliphatic heterocycles. The van der Waals surface area contributed by atoms with Crippen molar-refractivity contribution in [3.8, 4) is 11.8 Å². The highest BCUT2D eigenvalue weighted by atomic mass is 16.7. The molecule has 4 heteroatoms. The third-order valence-electron chi connectivity index (χ3n) is 2.12. The second-order valence-corrected chi connectivity index (χ2v) is 3.32. The molecule has 1 N–H and O–H groups in total. The van der Waals surface area contributed by atoms with Crippen LogP contribution in [0.5, 0.6) is 0 Å². The molecule has 18 heavy (non-hydrogen) atoms. The predicted octanol–water partition coefficient (Wildman–Crippen LogP) is 1.89. The first-order chi connectivity index (χ1) is 8.90. The van der Waals surface area contributed by atoms with Gasteiger partial charge in [-0.05, 0) is 12.1 Å². The monoisotopic (exact) mass is 249 g/mol. The van der Waals surface area contributed by atoms with E-state index in [2.05, 4.69) is 16.8 Å². The molecule has 0 saturated carbocycles. The molecule has 1 aromatic rings. The van der Waals surface area contributed by atoms with Crippen molar-refractivity contribution in [2.24, 2.45) is 0 Å². The number of hydrogen-bond donors (Lipinski definition) is 1. The minimum Gasteiger partial charge on any atom is -0.395 e. The SMILES string of the molecule is CC.OCCC#Cc1ccc(C2OCCO2)nc1. The Morgan fingerprint density at radius 3 is 2.61 bits per heavy atom. The van der Waals surface area contributed by atoms with E-state index >= 15 is 0 Å². The van der Waals surface area contributed by atoms with E-state index in [0.717, 1.165) is 11.3 Å². The van der Waals surface area contributed by atoms with E-state index in [4.69, 9.17) is 14.6 Å². The number of aliphatic hydroxyl groups is 1. The van der Waals surface area contributed by atoms with E-state index in [1.165, 1.54) is 0 Å². The minimum absolute atomic E-state index is 0.0856. The fourth-order valence-electron chi connectivity index (χ4n) is 1.37. The molecule has 4 nitrogen and oxygen atoms in total. The summed E-state index contributed by atoms with van der Waals surface area (Å²) in [7, 11) is 0. The van der Waals surface area contributed by atoms with Crippen molar-refractivity contribution >= 4 is 0 Å². The Morgan fingerprint density at radius 1 is 1.33 bits per heavy atom. The third kappa shape index (κ3) is 4.46. The van der Waals surface area contributed by atoms with Crippen molar-refractivity contribution in [2.45, 2.75) is 26.6 Å². The summed E-state index contributed by atoms with van der Waals surface area (Å²) in [5.74, 6) is 5.75. The van der Waals surface area contributed by atoms with Gasteiger partial charge in [-0.2, -0.15) is 0 Å². The van der Waals surface area contributed by atoms with E-state index in [0.29, 0.717) is 19.6 Å². The summed E-state index contributed by atoms with van der Waals surface area (Å²) >= 11 is 0. The van der Waals surface area contributed by atoms with Crippen LogP contribution in [0, 0.1) is 11.8 Å². The van der Waals surface area contributed by atoms with Crippen LogP contribution in [0.15, 0.2) is 18.3 Å². The zero-order valence-corrected chi connectivity index (χ0v) is 10.8. The van der Waals surface area contributed by atoms with Crippen molar-refractivity contribution in [1.29, 1.82) is 0 Å².